The Bertz CT molecular complexity index is 565. The minimum absolute atomic E-state index is 0.259. The maximum absolute atomic E-state index is 12.7. The lowest BCUT2D eigenvalue weighted by atomic mass is 10.2. The lowest BCUT2D eigenvalue weighted by molar-refractivity contribution is 0.628. The number of nitrogens with one attached hydrogen (secondary N) is 1. The van der Waals surface area contributed by atoms with Gasteiger partial charge in [-0.1, -0.05) is 28.1 Å². The molecule has 0 aromatic heterocycles. The topological polar surface area (TPSA) is 24.4 Å². The van der Waals surface area contributed by atoms with Crippen LogP contribution in [0, 0.1) is 12.7 Å². The maximum Gasteiger partial charge on any atom is 0.123 e. The van der Waals surface area contributed by atoms with Crippen LogP contribution in [-0.4, -0.2) is 6.21 Å². The minimum atomic E-state index is -0.259. The van der Waals surface area contributed by atoms with Gasteiger partial charge in [-0.2, -0.15) is 5.10 Å². The summed E-state index contributed by atoms with van der Waals surface area (Å²) in [6.45, 7) is 2.03. The Morgan fingerprint density at radius 1 is 1.17 bits per heavy atom. The van der Waals surface area contributed by atoms with Gasteiger partial charge in [0.1, 0.15) is 5.82 Å². The molecule has 18 heavy (non-hydrogen) atoms. The first-order chi connectivity index (χ1) is 8.65. The Labute approximate surface area is 114 Å². The van der Waals surface area contributed by atoms with Crippen molar-refractivity contribution in [2.24, 2.45) is 5.10 Å². The van der Waals surface area contributed by atoms with E-state index < -0.39 is 0 Å². The monoisotopic (exact) mass is 306 g/mol. The van der Waals surface area contributed by atoms with Crippen molar-refractivity contribution in [2.75, 3.05) is 5.43 Å². The first-order valence-corrected chi connectivity index (χ1v) is 6.25. The molecule has 0 aliphatic heterocycles. The Hall–Kier alpha value is -1.68. The second kappa shape index (κ2) is 5.78. The molecule has 0 aliphatic carbocycles. The summed E-state index contributed by atoms with van der Waals surface area (Å²) in [5.74, 6) is -0.259. The SMILES string of the molecule is Cc1ccc(/C=N/Nc2ccc(F)cc2)c(Br)c1. The highest BCUT2D eigenvalue weighted by Gasteiger charge is 1.96. The zero-order valence-electron chi connectivity index (χ0n) is 9.82. The molecule has 0 heterocycles. The van der Waals surface area contributed by atoms with Crippen LogP contribution < -0.4 is 5.43 Å². The van der Waals surface area contributed by atoms with Gasteiger partial charge in [-0.05, 0) is 42.8 Å². The predicted molar refractivity (Wildman–Crippen MR) is 76.5 cm³/mol. The molecule has 2 aromatic rings. The van der Waals surface area contributed by atoms with E-state index in [4.69, 9.17) is 0 Å². The van der Waals surface area contributed by atoms with Crippen LogP contribution >= 0.6 is 15.9 Å². The van der Waals surface area contributed by atoms with E-state index in [2.05, 4.69) is 26.5 Å². The van der Waals surface area contributed by atoms with E-state index in [1.807, 2.05) is 25.1 Å². The van der Waals surface area contributed by atoms with E-state index in [0.29, 0.717) is 0 Å². The highest BCUT2D eigenvalue weighted by molar-refractivity contribution is 9.10. The molecular weight excluding hydrogens is 295 g/mol. The summed E-state index contributed by atoms with van der Waals surface area (Å²) in [6, 6.07) is 12.1. The molecule has 0 saturated heterocycles. The number of hydrogen-bond acceptors (Lipinski definition) is 2. The zero-order valence-corrected chi connectivity index (χ0v) is 11.4. The largest absolute Gasteiger partial charge is 0.279 e. The molecule has 0 spiro atoms. The molecule has 4 heteroatoms. The number of aryl methyl sites for hydroxylation is 1. The fourth-order valence-corrected chi connectivity index (χ4v) is 2.03. The third-order valence-corrected chi connectivity index (χ3v) is 3.08. The van der Waals surface area contributed by atoms with Crippen molar-refractivity contribution in [3.8, 4) is 0 Å². The van der Waals surface area contributed by atoms with Crippen molar-refractivity contribution in [1.29, 1.82) is 0 Å². The van der Waals surface area contributed by atoms with Crippen LogP contribution in [0.15, 0.2) is 52.0 Å². The fourth-order valence-electron chi connectivity index (χ4n) is 1.44. The van der Waals surface area contributed by atoms with Crippen LogP contribution in [0.5, 0.6) is 0 Å². The number of benzene rings is 2. The molecule has 0 saturated carbocycles. The Morgan fingerprint density at radius 3 is 2.56 bits per heavy atom. The molecule has 0 bridgehead atoms. The summed E-state index contributed by atoms with van der Waals surface area (Å²) in [5.41, 5.74) is 5.76. The van der Waals surface area contributed by atoms with Gasteiger partial charge < -0.3 is 0 Å². The van der Waals surface area contributed by atoms with Gasteiger partial charge in [0, 0.05) is 10.0 Å². The maximum atomic E-state index is 12.7. The molecule has 0 unspecified atom stereocenters. The van der Waals surface area contributed by atoms with E-state index in [0.717, 1.165) is 15.7 Å². The van der Waals surface area contributed by atoms with Gasteiger partial charge in [0.15, 0.2) is 0 Å². The summed E-state index contributed by atoms with van der Waals surface area (Å²) in [7, 11) is 0. The standard InChI is InChI=1S/C14H12BrFN2/c1-10-2-3-11(14(15)8-10)9-17-18-13-6-4-12(16)5-7-13/h2-9,18H,1H3/b17-9+. The highest BCUT2D eigenvalue weighted by Crippen LogP contribution is 2.16. The van der Waals surface area contributed by atoms with Gasteiger partial charge in [0.2, 0.25) is 0 Å². The van der Waals surface area contributed by atoms with Crippen molar-refractivity contribution in [1.82, 2.24) is 0 Å². The van der Waals surface area contributed by atoms with Crippen LogP contribution in [0.4, 0.5) is 10.1 Å². The number of anilines is 1. The quantitative estimate of drug-likeness (QED) is 0.662. The second-order valence-corrected chi connectivity index (χ2v) is 4.76. The van der Waals surface area contributed by atoms with Crippen molar-refractivity contribution in [3.05, 3.63) is 63.9 Å². The van der Waals surface area contributed by atoms with Gasteiger partial charge in [-0.25, -0.2) is 4.39 Å². The van der Waals surface area contributed by atoms with Gasteiger partial charge in [-0.15, -0.1) is 0 Å². The third kappa shape index (κ3) is 3.40. The fraction of sp³-hybridized carbons (Fsp3) is 0.0714. The third-order valence-electron chi connectivity index (χ3n) is 2.40. The molecule has 0 amide bonds. The summed E-state index contributed by atoms with van der Waals surface area (Å²) < 4.78 is 13.7. The summed E-state index contributed by atoms with van der Waals surface area (Å²) in [5, 5.41) is 4.10. The summed E-state index contributed by atoms with van der Waals surface area (Å²) in [4.78, 5) is 0. The van der Waals surface area contributed by atoms with Crippen molar-refractivity contribution >= 4 is 27.8 Å². The second-order valence-electron chi connectivity index (χ2n) is 3.90. The average Bonchev–Trinajstić information content (AvgIpc) is 2.34. The summed E-state index contributed by atoms with van der Waals surface area (Å²) >= 11 is 3.47. The minimum Gasteiger partial charge on any atom is -0.279 e. The first-order valence-electron chi connectivity index (χ1n) is 5.46. The average molecular weight is 307 g/mol. The van der Waals surface area contributed by atoms with E-state index in [1.54, 1.807) is 18.3 Å². The number of rotatable bonds is 3. The summed E-state index contributed by atoms with van der Waals surface area (Å²) in [6.07, 6.45) is 1.72. The molecule has 2 rings (SSSR count). The van der Waals surface area contributed by atoms with E-state index in [-0.39, 0.29) is 5.82 Å². The smallest absolute Gasteiger partial charge is 0.123 e. The Kier molecular flexibility index (Phi) is 4.10. The molecule has 0 fully saturated rings. The van der Waals surface area contributed by atoms with Gasteiger partial charge in [0.05, 0.1) is 11.9 Å². The van der Waals surface area contributed by atoms with E-state index >= 15 is 0 Å². The van der Waals surface area contributed by atoms with Crippen molar-refractivity contribution in [3.63, 3.8) is 0 Å². The molecule has 0 radical (unpaired) electrons. The number of halogens is 2. The molecule has 1 N–H and O–H groups in total. The van der Waals surface area contributed by atoms with Crippen molar-refractivity contribution in [2.45, 2.75) is 6.92 Å². The van der Waals surface area contributed by atoms with Crippen molar-refractivity contribution < 1.29 is 4.39 Å². The Morgan fingerprint density at radius 2 is 1.89 bits per heavy atom. The zero-order chi connectivity index (χ0) is 13.0. The van der Waals surface area contributed by atoms with E-state index in [9.17, 15) is 4.39 Å². The Balaban J connectivity index is 2.05. The molecule has 0 atom stereocenters. The predicted octanol–water partition coefficient (Wildman–Crippen LogP) is 4.34. The number of hydrogen-bond donors (Lipinski definition) is 1. The van der Waals surface area contributed by atoms with Crippen LogP contribution in [0.1, 0.15) is 11.1 Å². The molecule has 92 valence electrons. The normalized spacial score (nSPS) is 10.8. The van der Waals surface area contributed by atoms with Crippen LogP contribution in [-0.2, 0) is 0 Å². The molecular formula is C14H12BrFN2. The number of hydrazone groups is 1. The van der Waals surface area contributed by atoms with Crippen LogP contribution in [0.2, 0.25) is 0 Å². The van der Waals surface area contributed by atoms with Crippen LogP contribution in [0.3, 0.4) is 0 Å². The van der Waals surface area contributed by atoms with E-state index in [1.165, 1.54) is 17.7 Å². The molecule has 0 aliphatic rings. The van der Waals surface area contributed by atoms with Crippen LogP contribution in [0.25, 0.3) is 0 Å². The number of nitrogens with zero attached hydrogens (tertiary/aromatic N) is 1. The van der Waals surface area contributed by atoms with Gasteiger partial charge in [0.25, 0.3) is 0 Å². The first kappa shape index (κ1) is 12.8. The molecule has 2 nitrogen and oxygen atoms in total. The van der Waals surface area contributed by atoms with Gasteiger partial charge >= 0.3 is 0 Å². The molecule has 2 aromatic carbocycles. The van der Waals surface area contributed by atoms with Gasteiger partial charge in [-0.3, -0.25) is 5.43 Å². The highest BCUT2D eigenvalue weighted by atomic mass is 79.9. The lowest BCUT2D eigenvalue weighted by Gasteiger charge is -2.01. The lowest BCUT2D eigenvalue weighted by Crippen LogP contribution is -1.91.